The molecule has 1 unspecified atom stereocenters. The number of anilines is 1. The topological polar surface area (TPSA) is 108 Å². The normalized spacial score (nSPS) is 14.8. The first-order valence-corrected chi connectivity index (χ1v) is 13.6. The van der Waals surface area contributed by atoms with Crippen LogP contribution >= 0.6 is 11.8 Å². The van der Waals surface area contributed by atoms with Crippen LogP contribution in [0.4, 0.5) is 5.95 Å². The Bertz CT molecular complexity index is 1140. The largest absolute Gasteiger partial charge is 0.493 e. The fourth-order valence-electron chi connectivity index (χ4n) is 4.02. The lowest BCUT2D eigenvalue weighted by Crippen LogP contribution is -2.34. The van der Waals surface area contributed by atoms with Crippen molar-refractivity contribution in [1.29, 1.82) is 0 Å². The lowest BCUT2D eigenvalue weighted by atomic mass is 9.95. The van der Waals surface area contributed by atoms with E-state index in [1.54, 1.807) is 33.5 Å². The SMILES string of the molecule is CCCSc1nc2n(n1)C(c1ccc(OCC(=O)N(CC)CC)c(OC)c1)C(C(=O)OC(C)C)=C(C)N2. The molecule has 1 aromatic heterocycles. The molecule has 2 heterocycles. The zero-order valence-electron chi connectivity index (χ0n) is 22.7. The zero-order chi connectivity index (χ0) is 27.1. The van der Waals surface area contributed by atoms with E-state index >= 15 is 0 Å². The molecule has 0 saturated heterocycles. The number of methoxy groups -OCH3 is 1. The van der Waals surface area contributed by atoms with Gasteiger partial charge in [0.15, 0.2) is 18.1 Å². The molecule has 0 bridgehead atoms. The fraction of sp³-hybridized carbons (Fsp3) is 0.538. The summed E-state index contributed by atoms with van der Waals surface area (Å²) in [5.74, 6) is 1.78. The molecule has 37 heavy (non-hydrogen) atoms. The van der Waals surface area contributed by atoms with E-state index in [9.17, 15) is 9.59 Å². The molecule has 11 heteroatoms. The molecule has 0 saturated carbocycles. The van der Waals surface area contributed by atoms with Crippen LogP contribution in [0.1, 0.15) is 59.6 Å². The van der Waals surface area contributed by atoms with E-state index in [-0.39, 0.29) is 18.6 Å². The van der Waals surface area contributed by atoms with Crippen molar-refractivity contribution in [3.8, 4) is 11.5 Å². The van der Waals surface area contributed by atoms with Gasteiger partial charge in [0.2, 0.25) is 11.1 Å². The van der Waals surface area contributed by atoms with Gasteiger partial charge in [-0.15, -0.1) is 5.10 Å². The number of amides is 1. The predicted molar refractivity (Wildman–Crippen MR) is 143 cm³/mol. The Morgan fingerprint density at radius 2 is 1.92 bits per heavy atom. The third kappa shape index (κ3) is 6.57. The smallest absolute Gasteiger partial charge is 0.338 e. The highest BCUT2D eigenvalue weighted by molar-refractivity contribution is 7.99. The van der Waals surface area contributed by atoms with Gasteiger partial charge in [0.1, 0.15) is 6.04 Å². The lowest BCUT2D eigenvalue weighted by Gasteiger charge is -2.29. The number of nitrogens with one attached hydrogen (secondary N) is 1. The number of nitrogens with zero attached hydrogens (tertiary/aromatic N) is 4. The molecular formula is C26H37N5O5S. The van der Waals surface area contributed by atoms with Crippen molar-refractivity contribution in [1.82, 2.24) is 19.7 Å². The van der Waals surface area contributed by atoms with Gasteiger partial charge in [-0.1, -0.05) is 24.8 Å². The molecule has 1 N–H and O–H groups in total. The van der Waals surface area contributed by atoms with Crippen molar-refractivity contribution in [3.05, 3.63) is 35.0 Å². The van der Waals surface area contributed by atoms with Gasteiger partial charge in [-0.05, 0) is 58.7 Å². The van der Waals surface area contributed by atoms with Crippen molar-refractivity contribution in [2.24, 2.45) is 0 Å². The lowest BCUT2D eigenvalue weighted by molar-refractivity contribution is -0.143. The van der Waals surface area contributed by atoms with Crippen LogP contribution in [0.5, 0.6) is 11.5 Å². The molecular weight excluding hydrogens is 494 g/mol. The molecule has 0 aliphatic carbocycles. The number of ether oxygens (including phenoxy) is 3. The number of esters is 1. The van der Waals surface area contributed by atoms with Crippen molar-refractivity contribution >= 4 is 29.6 Å². The summed E-state index contributed by atoms with van der Waals surface area (Å²) in [4.78, 5) is 32.0. The highest BCUT2D eigenvalue weighted by Crippen LogP contribution is 2.40. The number of benzene rings is 1. The summed E-state index contributed by atoms with van der Waals surface area (Å²) in [5, 5.41) is 8.55. The van der Waals surface area contributed by atoms with E-state index in [4.69, 9.17) is 19.3 Å². The molecule has 0 radical (unpaired) electrons. The van der Waals surface area contributed by atoms with E-state index in [2.05, 4.69) is 17.2 Å². The molecule has 10 nitrogen and oxygen atoms in total. The molecule has 0 fully saturated rings. The van der Waals surface area contributed by atoms with Crippen LogP contribution in [0.3, 0.4) is 0 Å². The number of carbonyl (C=O) groups excluding carboxylic acids is 2. The molecule has 1 amide bonds. The number of fused-ring (bicyclic) bond motifs is 1. The zero-order valence-corrected chi connectivity index (χ0v) is 23.5. The van der Waals surface area contributed by atoms with E-state index in [1.807, 2.05) is 40.7 Å². The molecule has 202 valence electrons. The van der Waals surface area contributed by atoms with Gasteiger partial charge in [-0.2, -0.15) is 4.98 Å². The third-order valence-electron chi connectivity index (χ3n) is 5.80. The summed E-state index contributed by atoms with van der Waals surface area (Å²) in [6, 6.07) is 4.80. The van der Waals surface area contributed by atoms with Gasteiger partial charge in [-0.25, -0.2) is 9.48 Å². The predicted octanol–water partition coefficient (Wildman–Crippen LogP) is 4.28. The number of rotatable bonds is 12. The minimum absolute atomic E-state index is 0.0963. The average molecular weight is 532 g/mol. The summed E-state index contributed by atoms with van der Waals surface area (Å²) >= 11 is 1.56. The van der Waals surface area contributed by atoms with Crippen LogP contribution in [-0.2, 0) is 14.3 Å². The van der Waals surface area contributed by atoms with Crippen molar-refractivity contribution in [2.45, 2.75) is 65.3 Å². The Morgan fingerprint density at radius 3 is 2.54 bits per heavy atom. The van der Waals surface area contributed by atoms with Gasteiger partial charge in [-0.3, -0.25) is 4.79 Å². The molecule has 1 aliphatic heterocycles. The number of allylic oxidation sites excluding steroid dienone is 1. The quantitative estimate of drug-likeness (QED) is 0.317. The van der Waals surface area contributed by atoms with Gasteiger partial charge < -0.3 is 24.4 Å². The van der Waals surface area contributed by atoms with Crippen molar-refractivity contribution in [3.63, 3.8) is 0 Å². The van der Waals surface area contributed by atoms with Crippen LogP contribution in [0, 0.1) is 0 Å². The number of likely N-dealkylation sites (N-methyl/N-ethyl adjacent to an activating group) is 1. The number of aromatic nitrogens is 3. The second-order valence-corrected chi connectivity index (χ2v) is 9.86. The van der Waals surface area contributed by atoms with Gasteiger partial charge in [0.25, 0.3) is 5.91 Å². The number of carbonyl (C=O) groups is 2. The molecule has 0 spiro atoms. The van der Waals surface area contributed by atoms with Crippen LogP contribution in [0.25, 0.3) is 0 Å². The summed E-state index contributed by atoms with van der Waals surface area (Å²) in [6.07, 6.45) is 0.708. The summed E-state index contributed by atoms with van der Waals surface area (Å²) < 4.78 is 18.7. The highest BCUT2D eigenvalue weighted by atomic mass is 32.2. The number of hydrogen-bond acceptors (Lipinski definition) is 9. The molecule has 2 aromatic rings. The fourth-order valence-corrected chi connectivity index (χ4v) is 4.70. The minimum atomic E-state index is -0.591. The van der Waals surface area contributed by atoms with E-state index in [0.717, 1.165) is 17.7 Å². The maximum atomic E-state index is 13.2. The summed E-state index contributed by atoms with van der Waals surface area (Å²) in [7, 11) is 1.54. The summed E-state index contributed by atoms with van der Waals surface area (Å²) in [6.45, 7) is 12.5. The monoisotopic (exact) mass is 531 g/mol. The van der Waals surface area contributed by atoms with Crippen LogP contribution in [0.2, 0.25) is 0 Å². The van der Waals surface area contributed by atoms with Crippen LogP contribution < -0.4 is 14.8 Å². The Hall–Kier alpha value is -3.21. The number of thioether (sulfide) groups is 1. The van der Waals surface area contributed by atoms with Crippen molar-refractivity contribution < 1.29 is 23.8 Å². The van der Waals surface area contributed by atoms with Gasteiger partial charge in [0, 0.05) is 24.5 Å². The molecule has 1 atom stereocenters. The van der Waals surface area contributed by atoms with Gasteiger partial charge in [0.05, 0.1) is 18.8 Å². The van der Waals surface area contributed by atoms with Crippen molar-refractivity contribution in [2.75, 3.05) is 37.9 Å². The maximum absolute atomic E-state index is 13.2. The first kappa shape index (κ1) is 28.4. The second kappa shape index (κ2) is 12.8. The first-order valence-electron chi connectivity index (χ1n) is 12.6. The Balaban J connectivity index is 2.00. The van der Waals surface area contributed by atoms with E-state index < -0.39 is 12.0 Å². The molecule has 1 aliphatic rings. The molecule has 1 aromatic carbocycles. The summed E-state index contributed by atoms with van der Waals surface area (Å²) in [5.41, 5.74) is 1.83. The maximum Gasteiger partial charge on any atom is 0.338 e. The van der Waals surface area contributed by atoms with E-state index in [0.29, 0.717) is 47.0 Å². The minimum Gasteiger partial charge on any atom is -0.493 e. The van der Waals surface area contributed by atoms with E-state index in [1.165, 1.54) is 7.11 Å². The average Bonchev–Trinajstić information content (AvgIpc) is 3.27. The van der Waals surface area contributed by atoms with Crippen LogP contribution in [-0.4, -0.2) is 70.2 Å². The first-order chi connectivity index (χ1) is 17.7. The second-order valence-electron chi connectivity index (χ2n) is 8.80. The highest BCUT2D eigenvalue weighted by Gasteiger charge is 2.36. The molecule has 3 rings (SSSR count). The number of hydrogen-bond donors (Lipinski definition) is 1. The Labute approximate surface area is 222 Å². The van der Waals surface area contributed by atoms with Gasteiger partial charge >= 0.3 is 5.97 Å². The Kier molecular flexibility index (Phi) is 9.85. The standard InChI is InChI=1S/C26H37N5O5S/c1-8-13-37-26-28-25-27-17(6)22(24(33)36-16(4)5)23(31(25)29-26)18-11-12-19(20(14-18)34-7)35-15-21(32)30(9-2)10-3/h11-12,14,16,23H,8-10,13,15H2,1-7H3,(H,27,28,29). The Morgan fingerprint density at radius 1 is 1.19 bits per heavy atom. The third-order valence-corrected chi connectivity index (χ3v) is 6.85. The van der Waals surface area contributed by atoms with Crippen LogP contribution in [0.15, 0.2) is 34.6 Å².